The van der Waals surface area contributed by atoms with Crippen molar-refractivity contribution in [3.05, 3.63) is 65.2 Å². The fraction of sp³-hybridized carbons (Fsp3) is 0.235. The third-order valence-corrected chi connectivity index (χ3v) is 3.89. The highest BCUT2D eigenvalue weighted by Gasteiger charge is 2.34. The summed E-state index contributed by atoms with van der Waals surface area (Å²) in [5, 5.41) is 2.60. The van der Waals surface area contributed by atoms with Gasteiger partial charge in [-0.05, 0) is 42.3 Å². The van der Waals surface area contributed by atoms with Crippen LogP contribution < -0.4 is 11.1 Å². The van der Waals surface area contributed by atoms with Crippen molar-refractivity contribution in [1.29, 1.82) is 0 Å². The number of hydrogen-bond donors (Lipinski definition) is 2. The highest BCUT2D eigenvalue weighted by molar-refractivity contribution is 6.04. The number of nitrogens with one attached hydrogen (secondary N) is 1. The molecule has 3 N–H and O–H groups in total. The van der Waals surface area contributed by atoms with Crippen LogP contribution in [0.5, 0.6) is 0 Å². The van der Waals surface area contributed by atoms with Crippen molar-refractivity contribution in [2.24, 2.45) is 5.73 Å². The van der Waals surface area contributed by atoms with Gasteiger partial charge in [0.05, 0.1) is 5.56 Å². The molecule has 1 amide bonds. The molecule has 1 saturated carbocycles. The first-order valence-corrected chi connectivity index (χ1v) is 7.19. The van der Waals surface area contributed by atoms with Crippen molar-refractivity contribution in [3.8, 4) is 0 Å². The van der Waals surface area contributed by atoms with Crippen LogP contribution in [0.15, 0.2) is 48.5 Å². The van der Waals surface area contributed by atoms with Crippen LogP contribution in [0, 0.1) is 0 Å². The molecule has 0 aliphatic heterocycles. The molecule has 7 heteroatoms. The summed E-state index contributed by atoms with van der Waals surface area (Å²) in [5.74, 6) is -0.213. The summed E-state index contributed by atoms with van der Waals surface area (Å²) in [5.41, 5.74) is 6.54. The molecular weight excluding hydrogens is 341 g/mol. The minimum atomic E-state index is -4.47. The maximum Gasteiger partial charge on any atom is 0.416 e. The summed E-state index contributed by atoms with van der Waals surface area (Å²) in [6.45, 7) is 0. The first-order chi connectivity index (χ1) is 10.8. The SMILES string of the molecule is Cl.N[C@@H]1C[C@H]1c1ccc(NC(=O)c2cccc(C(F)(F)F)c2)cc1. The lowest BCUT2D eigenvalue weighted by Crippen LogP contribution is -2.14. The van der Waals surface area contributed by atoms with Crippen LogP contribution >= 0.6 is 12.4 Å². The molecule has 0 heterocycles. The minimum absolute atomic E-state index is 0. The van der Waals surface area contributed by atoms with E-state index in [0.717, 1.165) is 24.1 Å². The largest absolute Gasteiger partial charge is 0.416 e. The van der Waals surface area contributed by atoms with Gasteiger partial charge >= 0.3 is 6.18 Å². The third-order valence-electron chi connectivity index (χ3n) is 3.89. The number of carbonyl (C=O) groups is 1. The third kappa shape index (κ3) is 4.07. The molecule has 2 aromatic carbocycles. The smallest absolute Gasteiger partial charge is 0.327 e. The number of rotatable bonds is 3. The Morgan fingerprint density at radius 3 is 2.29 bits per heavy atom. The fourth-order valence-electron chi connectivity index (χ4n) is 2.45. The number of nitrogens with two attached hydrogens (primary N) is 1. The topological polar surface area (TPSA) is 55.1 Å². The van der Waals surface area contributed by atoms with E-state index < -0.39 is 17.6 Å². The van der Waals surface area contributed by atoms with E-state index in [0.29, 0.717) is 11.6 Å². The summed E-state index contributed by atoms with van der Waals surface area (Å²) in [7, 11) is 0. The number of amides is 1. The molecule has 0 radical (unpaired) electrons. The van der Waals surface area contributed by atoms with Crippen LogP contribution in [0.2, 0.25) is 0 Å². The summed E-state index contributed by atoms with van der Waals surface area (Å²) in [6, 6.07) is 11.7. The van der Waals surface area contributed by atoms with Crippen molar-refractivity contribution in [2.45, 2.75) is 24.6 Å². The first kappa shape index (κ1) is 18.3. The lowest BCUT2D eigenvalue weighted by molar-refractivity contribution is -0.137. The number of alkyl halides is 3. The van der Waals surface area contributed by atoms with Gasteiger partial charge in [-0.2, -0.15) is 13.2 Å². The van der Waals surface area contributed by atoms with Gasteiger partial charge in [0, 0.05) is 23.2 Å². The lowest BCUT2D eigenvalue weighted by Gasteiger charge is -2.09. The Kier molecular flexibility index (Phi) is 5.20. The van der Waals surface area contributed by atoms with Crippen molar-refractivity contribution < 1.29 is 18.0 Å². The standard InChI is InChI=1S/C17H15F3N2O.ClH/c18-17(19,20)12-3-1-2-11(8-12)16(23)22-13-6-4-10(5-7-13)14-9-15(14)21;/h1-8,14-15H,9,21H2,(H,22,23);1H/t14-,15+;/m0./s1. The predicted octanol–water partition coefficient (Wildman–Crippen LogP) is 4.19. The zero-order valence-electron chi connectivity index (χ0n) is 12.5. The van der Waals surface area contributed by atoms with Gasteiger partial charge in [-0.25, -0.2) is 0 Å². The average Bonchev–Trinajstić information content (AvgIpc) is 3.24. The molecule has 2 aromatic rings. The molecule has 0 spiro atoms. The second-order valence-corrected chi connectivity index (χ2v) is 5.66. The van der Waals surface area contributed by atoms with E-state index >= 15 is 0 Å². The predicted molar refractivity (Wildman–Crippen MR) is 88.4 cm³/mol. The molecule has 0 aromatic heterocycles. The van der Waals surface area contributed by atoms with Gasteiger partial charge in [0.15, 0.2) is 0 Å². The molecule has 1 aliphatic rings. The molecular formula is C17H16ClF3N2O. The van der Waals surface area contributed by atoms with Crippen LogP contribution in [0.25, 0.3) is 0 Å². The molecule has 128 valence electrons. The van der Waals surface area contributed by atoms with E-state index in [4.69, 9.17) is 5.73 Å². The number of hydrogen-bond acceptors (Lipinski definition) is 2. The molecule has 0 bridgehead atoms. The lowest BCUT2D eigenvalue weighted by atomic mass is 10.1. The Morgan fingerprint density at radius 1 is 1.12 bits per heavy atom. The van der Waals surface area contributed by atoms with Crippen LogP contribution in [0.4, 0.5) is 18.9 Å². The zero-order chi connectivity index (χ0) is 16.6. The summed E-state index contributed by atoms with van der Waals surface area (Å²) >= 11 is 0. The number of carbonyl (C=O) groups excluding carboxylic acids is 1. The highest BCUT2D eigenvalue weighted by atomic mass is 35.5. The second-order valence-electron chi connectivity index (χ2n) is 5.66. The van der Waals surface area contributed by atoms with Gasteiger partial charge < -0.3 is 11.1 Å². The first-order valence-electron chi connectivity index (χ1n) is 7.19. The Labute approximate surface area is 143 Å². The molecule has 3 rings (SSSR count). The summed E-state index contributed by atoms with van der Waals surface area (Å²) < 4.78 is 38.0. The van der Waals surface area contributed by atoms with E-state index in [-0.39, 0.29) is 24.0 Å². The number of halogens is 4. The Hall–Kier alpha value is -2.05. The number of anilines is 1. The van der Waals surface area contributed by atoms with Crippen molar-refractivity contribution >= 4 is 24.0 Å². The Morgan fingerprint density at radius 2 is 1.75 bits per heavy atom. The maximum absolute atomic E-state index is 12.7. The monoisotopic (exact) mass is 356 g/mol. The van der Waals surface area contributed by atoms with E-state index in [2.05, 4.69) is 5.32 Å². The summed E-state index contributed by atoms with van der Waals surface area (Å²) in [6.07, 6.45) is -3.52. The van der Waals surface area contributed by atoms with Crippen LogP contribution in [-0.2, 0) is 6.18 Å². The van der Waals surface area contributed by atoms with E-state index in [1.165, 1.54) is 12.1 Å². The number of benzene rings is 2. The normalized spacial score (nSPS) is 19.3. The van der Waals surface area contributed by atoms with Crippen molar-refractivity contribution in [2.75, 3.05) is 5.32 Å². The van der Waals surface area contributed by atoms with Gasteiger partial charge in [-0.15, -0.1) is 12.4 Å². The van der Waals surface area contributed by atoms with Gasteiger partial charge in [-0.1, -0.05) is 18.2 Å². The molecule has 0 saturated heterocycles. The Balaban J connectivity index is 0.00000208. The molecule has 24 heavy (non-hydrogen) atoms. The quantitative estimate of drug-likeness (QED) is 0.866. The summed E-state index contributed by atoms with van der Waals surface area (Å²) in [4.78, 5) is 12.1. The van der Waals surface area contributed by atoms with Gasteiger partial charge in [0.2, 0.25) is 0 Å². The Bertz CT molecular complexity index is 731. The van der Waals surface area contributed by atoms with Crippen LogP contribution in [0.3, 0.4) is 0 Å². The zero-order valence-corrected chi connectivity index (χ0v) is 13.3. The molecule has 3 nitrogen and oxygen atoms in total. The fourth-order valence-corrected chi connectivity index (χ4v) is 2.45. The van der Waals surface area contributed by atoms with Crippen molar-refractivity contribution in [3.63, 3.8) is 0 Å². The van der Waals surface area contributed by atoms with Crippen LogP contribution in [0.1, 0.15) is 33.8 Å². The molecule has 2 atom stereocenters. The second kappa shape index (κ2) is 6.83. The minimum Gasteiger partial charge on any atom is -0.327 e. The van der Waals surface area contributed by atoms with Gasteiger partial charge in [0.1, 0.15) is 0 Å². The van der Waals surface area contributed by atoms with Crippen molar-refractivity contribution in [1.82, 2.24) is 0 Å². The molecule has 1 fully saturated rings. The van der Waals surface area contributed by atoms with E-state index in [1.54, 1.807) is 12.1 Å². The van der Waals surface area contributed by atoms with Gasteiger partial charge in [-0.3, -0.25) is 4.79 Å². The highest BCUT2D eigenvalue weighted by Crippen LogP contribution is 2.39. The van der Waals surface area contributed by atoms with Crippen LogP contribution in [-0.4, -0.2) is 11.9 Å². The van der Waals surface area contributed by atoms with Gasteiger partial charge in [0.25, 0.3) is 5.91 Å². The van der Waals surface area contributed by atoms with E-state index in [1.807, 2.05) is 12.1 Å². The van der Waals surface area contributed by atoms with E-state index in [9.17, 15) is 18.0 Å². The average molecular weight is 357 g/mol. The molecule has 0 unspecified atom stereocenters. The molecule has 1 aliphatic carbocycles. The maximum atomic E-state index is 12.7.